The van der Waals surface area contributed by atoms with E-state index in [0.29, 0.717) is 9.37 Å². The highest BCUT2D eigenvalue weighted by Gasteiger charge is 2.16. The molecule has 1 aromatic rings. The van der Waals surface area contributed by atoms with Crippen molar-refractivity contribution >= 4 is 56.8 Å². The minimum absolute atomic E-state index is 0.0127. The molecule has 12 heavy (non-hydrogen) atoms. The van der Waals surface area contributed by atoms with E-state index in [-0.39, 0.29) is 5.69 Å². The van der Waals surface area contributed by atoms with Crippen LogP contribution in [0.4, 0.5) is 5.69 Å². The lowest BCUT2D eigenvalue weighted by molar-refractivity contribution is -0.388. The van der Waals surface area contributed by atoms with Gasteiger partial charge in [-0.3, -0.25) is 10.1 Å². The number of nitro benzene ring substituents is 1. The van der Waals surface area contributed by atoms with Gasteiger partial charge in [0.2, 0.25) is 0 Å². The van der Waals surface area contributed by atoms with Gasteiger partial charge in [0.05, 0.1) is 14.3 Å². The predicted molar refractivity (Wildman–Crippen MR) is 60.8 cm³/mol. The third-order valence-electron chi connectivity index (χ3n) is 1.19. The molecule has 0 N–H and O–H groups in total. The van der Waals surface area contributed by atoms with Crippen LogP contribution in [0.5, 0.6) is 0 Å². The molecule has 0 atom stereocenters. The van der Waals surface area contributed by atoms with Gasteiger partial charge in [0.15, 0.2) is 0 Å². The van der Waals surface area contributed by atoms with Gasteiger partial charge in [-0.05, 0) is 50.7 Å². The Labute approximate surface area is 96.4 Å². The second kappa shape index (κ2) is 3.93. The molecule has 0 radical (unpaired) electrons. The van der Waals surface area contributed by atoms with Crippen LogP contribution in [-0.4, -0.2) is 4.92 Å². The van der Waals surface area contributed by atoms with E-state index >= 15 is 0 Å². The van der Waals surface area contributed by atoms with E-state index in [4.69, 9.17) is 0 Å². The van der Waals surface area contributed by atoms with Gasteiger partial charge >= 0.3 is 0 Å². The van der Waals surface area contributed by atoms with Crippen molar-refractivity contribution in [2.75, 3.05) is 0 Å². The van der Waals surface area contributed by atoms with Gasteiger partial charge in [-0.25, -0.2) is 0 Å². The Morgan fingerprint density at radius 2 is 2.17 bits per heavy atom. The van der Waals surface area contributed by atoms with Gasteiger partial charge in [0, 0.05) is 3.57 Å². The van der Waals surface area contributed by atoms with Gasteiger partial charge < -0.3 is 0 Å². The normalized spacial score (nSPS) is 9.92. The maximum atomic E-state index is 10.5. The fourth-order valence-corrected chi connectivity index (χ4v) is 3.13. The minimum atomic E-state index is -0.456. The summed E-state index contributed by atoms with van der Waals surface area (Å²) in [6, 6.07) is 3.32. The van der Waals surface area contributed by atoms with Crippen LogP contribution in [0.3, 0.4) is 0 Å². The molecule has 0 aromatic heterocycles. The number of nitro groups is 1. The zero-order valence-electron chi connectivity index (χ0n) is 5.62. The second-order valence-electron chi connectivity index (χ2n) is 2.01. The maximum absolute atomic E-state index is 10.5. The molecule has 0 spiro atoms. The highest BCUT2D eigenvalue weighted by molar-refractivity contribution is 14.1. The maximum Gasteiger partial charge on any atom is 0.296 e. The van der Waals surface area contributed by atoms with Gasteiger partial charge in [-0.2, -0.15) is 0 Å². The quantitative estimate of drug-likeness (QED) is 0.362. The van der Waals surface area contributed by atoms with E-state index in [2.05, 4.69) is 51.1 Å². The highest BCUT2D eigenvalue weighted by Crippen LogP contribution is 2.32. The van der Waals surface area contributed by atoms with Crippen LogP contribution in [0.25, 0.3) is 0 Å². The Morgan fingerprint density at radius 1 is 1.58 bits per heavy atom. The van der Waals surface area contributed by atoms with E-state index < -0.39 is 4.92 Å². The molecule has 0 unspecified atom stereocenters. The van der Waals surface area contributed by atoms with Crippen molar-refractivity contribution in [1.29, 1.82) is 0 Å². The van der Waals surface area contributed by atoms with Crippen LogP contribution in [0.2, 0.25) is 0 Å². The molecule has 0 aliphatic carbocycles. The first-order valence-electron chi connectivity index (χ1n) is 2.85. The summed E-state index contributed by atoms with van der Waals surface area (Å²) in [6.45, 7) is 0. The standard InChI is InChI=1S/C6H3BrINO2S/c7-4-1-3(8)2-5(12)6(4)9(10)11/h1-2,12H. The Bertz CT molecular complexity index is 321. The van der Waals surface area contributed by atoms with E-state index in [1.807, 2.05) is 0 Å². The van der Waals surface area contributed by atoms with Crippen molar-refractivity contribution in [3.63, 3.8) is 0 Å². The van der Waals surface area contributed by atoms with Crippen molar-refractivity contribution < 1.29 is 4.92 Å². The largest absolute Gasteiger partial charge is 0.296 e. The molecule has 0 saturated heterocycles. The summed E-state index contributed by atoms with van der Waals surface area (Å²) >= 11 is 9.17. The van der Waals surface area contributed by atoms with Crippen molar-refractivity contribution in [2.24, 2.45) is 0 Å². The summed E-state index contributed by atoms with van der Waals surface area (Å²) < 4.78 is 1.37. The van der Waals surface area contributed by atoms with E-state index in [1.165, 1.54) is 0 Å². The van der Waals surface area contributed by atoms with Gasteiger partial charge in [-0.1, -0.05) is 0 Å². The van der Waals surface area contributed by atoms with Gasteiger partial charge in [0.25, 0.3) is 5.69 Å². The molecule has 0 saturated carbocycles. The number of nitrogens with zero attached hydrogens (tertiary/aromatic N) is 1. The molecule has 0 aliphatic rings. The number of benzene rings is 1. The lowest BCUT2D eigenvalue weighted by Gasteiger charge is -1.99. The lowest BCUT2D eigenvalue weighted by atomic mass is 10.3. The third kappa shape index (κ3) is 2.11. The molecule has 3 nitrogen and oxygen atoms in total. The number of hydrogen-bond donors (Lipinski definition) is 1. The summed E-state index contributed by atoms with van der Waals surface area (Å²) in [4.78, 5) is 10.4. The van der Waals surface area contributed by atoms with Crippen molar-refractivity contribution in [3.8, 4) is 0 Å². The number of thiol groups is 1. The van der Waals surface area contributed by atoms with Crippen molar-refractivity contribution in [3.05, 3.63) is 30.3 Å². The monoisotopic (exact) mass is 359 g/mol. The number of hydrogen-bond acceptors (Lipinski definition) is 3. The third-order valence-corrected chi connectivity index (χ3v) is 2.76. The van der Waals surface area contributed by atoms with Crippen LogP contribution in [0.1, 0.15) is 0 Å². The second-order valence-corrected chi connectivity index (χ2v) is 4.59. The van der Waals surface area contributed by atoms with Crippen molar-refractivity contribution in [2.45, 2.75) is 4.90 Å². The fourth-order valence-electron chi connectivity index (χ4n) is 0.733. The predicted octanol–water partition coefficient (Wildman–Crippen LogP) is 3.25. The summed E-state index contributed by atoms with van der Waals surface area (Å²) in [5, 5.41) is 10.5. The van der Waals surface area contributed by atoms with E-state index in [0.717, 1.165) is 3.57 Å². The zero-order chi connectivity index (χ0) is 9.30. The van der Waals surface area contributed by atoms with Gasteiger partial charge in [0.1, 0.15) is 0 Å². The molecule has 1 rings (SSSR count). The molecule has 1 aromatic carbocycles. The van der Waals surface area contributed by atoms with Crippen LogP contribution >= 0.6 is 51.1 Å². The Hall–Kier alpha value is 0.180. The van der Waals surface area contributed by atoms with Crippen molar-refractivity contribution in [1.82, 2.24) is 0 Å². The Kier molecular flexibility index (Phi) is 3.36. The summed E-state index contributed by atoms with van der Waals surface area (Å²) in [7, 11) is 0. The SMILES string of the molecule is O=[N+]([O-])c1c(S)cc(I)cc1Br. The first kappa shape index (κ1) is 10.3. The minimum Gasteiger partial charge on any atom is -0.258 e. The molecule has 0 heterocycles. The van der Waals surface area contributed by atoms with E-state index in [1.54, 1.807) is 12.1 Å². The lowest BCUT2D eigenvalue weighted by Crippen LogP contribution is -1.91. The Morgan fingerprint density at radius 3 is 2.58 bits per heavy atom. The first-order valence-corrected chi connectivity index (χ1v) is 5.16. The molecular formula is C6H3BrINO2S. The number of rotatable bonds is 1. The van der Waals surface area contributed by atoms with Crippen LogP contribution in [0, 0.1) is 13.7 Å². The Balaban J connectivity index is 3.38. The molecule has 0 bridgehead atoms. The average molecular weight is 360 g/mol. The summed E-state index contributed by atoms with van der Waals surface area (Å²) in [5.74, 6) is 0. The molecule has 0 aliphatic heterocycles. The summed E-state index contributed by atoms with van der Waals surface area (Å²) in [6.07, 6.45) is 0. The average Bonchev–Trinajstić information content (AvgIpc) is 1.82. The molecule has 6 heteroatoms. The van der Waals surface area contributed by atoms with Crippen LogP contribution in [0.15, 0.2) is 21.5 Å². The van der Waals surface area contributed by atoms with Gasteiger partial charge in [-0.15, -0.1) is 12.6 Å². The smallest absolute Gasteiger partial charge is 0.258 e. The fraction of sp³-hybridized carbons (Fsp3) is 0. The topological polar surface area (TPSA) is 43.1 Å². The first-order chi connectivity index (χ1) is 5.52. The summed E-state index contributed by atoms with van der Waals surface area (Å²) in [5.41, 5.74) is 0.0127. The molecule has 0 amide bonds. The molecule has 0 fully saturated rings. The molecule has 64 valence electrons. The van der Waals surface area contributed by atoms with Crippen LogP contribution < -0.4 is 0 Å². The zero-order valence-corrected chi connectivity index (χ0v) is 10.3. The number of halogens is 2. The highest BCUT2D eigenvalue weighted by atomic mass is 127. The molecular weight excluding hydrogens is 357 g/mol. The van der Waals surface area contributed by atoms with E-state index in [9.17, 15) is 10.1 Å². The van der Waals surface area contributed by atoms with Crippen LogP contribution in [-0.2, 0) is 0 Å².